The Hall–Kier alpha value is -0.0862. The van der Waals surface area contributed by atoms with E-state index in [2.05, 4.69) is 52.3 Å². The Labute approximate surface area is 91.1 Å². The SMILES string of the molecule is CC1=[C]CC([Si](C)(C)C)=C1[Si](C)(C)C. The number of rotatable bonds is 2. The van der Waals surface area contributed by atoms with Crippen LogP contribution in [0.2, 0.25) is 39.3 Å². The van der Waals surface area contributed by atoms with E-state index in [1.165, 1.54) is 5.57 Å². The first-order chi connectivity index (χ1) is 6.14. The monoisotopic (exact) mass is 223 g/mol. The molecule has 0 fully saturated rings. The van der Waals surface area contributed by atoms with E-state index in [0.717, 1.165) is 6.42 Å². The van der Waals surface area contributed by atoms with Gasteiger partial charge in [-0.25, -0.2) is 0 Å². The van der Waals surface area contributed by atoms with Crippen LogP contribution in [0, 0.1) is 6.08 Å². The smallest absolute Gasteiger partial charge is 0.0772 e. The van der Waals surface area contributed by atoms with Crippen molar-refractivity contribution >= 4 is 16.1 Å². The van der Waals surface area contributed by atoms with E-state index in [1.54, 1.807) is 10.4 Å². The van der Waals surface area contributed by atoms with Gasteiger partial charge in [0.25, 0.3) is 0 Å². The number of hydrogen-bond donors (Lipinski definition) is 0. The van der Waals surface area contributed by atoms with E-state index in [0.29, 0.717) is 0 Å². The Bertz CT molecular complexity index is 295. The summed E-state index contributed by atoms with van der Waals surface area (Å²) in [6, 6.07) is 0. The van der Waals surface area contributed by atoms with Gasteiger partial charge in [0.2, 0.25) is 0 Å². The van der Waals surface area contributed by atoms with E-state index in [1.807, 2.05) is 0 Å². The lowest BCUT2D eigenvalue weighted by Gasteiger charge is -2.28. The lowest BCUT2D eigenvalue weighted by atomic mass is 10.3. The first kappa shape index (κ1) is 12.0. The van der Waals surface area contributed by atoms with Crippen LogP contribution in [0.25, 0.3) is 0 Å². The van der Waals surface area contributed by atoms with Crippen LogP contribution in [0.3, 0.4) is 0 Å². The molecule has 0 amide bonds. The molecule has 14 heavy (non-hydrogen) atoms. The van der Waals surface area contributed by atoms with Gasteiger partial charge in [0.1, 0.15) is 0 Å². The summed E-state index contributed by atoms with van der Waals surface area (Å²) in [4.78, 5) is 0. The third-order valence-corrected chi connectivity index (χ3v) is 7.53. The molecule has 79 valence electrons. The molecular formula is C12H23Si2. The van der Waals surface area contributed by atoms with Gasteiger partial charge in [-0.15, -0.1) is 0 Å². The quantitative estimate of drug-likeness (QED) is 0.616. The first-order valence-corrected chi connectivity index (χ1v) is 12.5. The van der Waals surface area contributed by atoms with Gasteiger partial charge in [-0.2, -0.15) is 0 Å². The van der Waals surface area contributed by atoms with Gasteiger partial charge in [-0.1, -0.05) is 49.7 Å². The molecule has 0 aromatic heterocycles. The van der Waals surface area contributed by atoms with Crippen molar-refractivity contribution in [1.82, 2.24) is 0 Å². The van der Waals surface area contributed by atoms with Crippen molar-refractivity contribution in [1.29, 1.82) is 0 Å². The summed E-state index contributed by atoms with van der Waals surface area (Å²) in [5.41, 5.74) is 1.46. The van der Waals surface area contributed by atoms with Crippen molar-refractivity contribution < 1.29 is 0 Å². The van der Waals surface area contributed by atoms with Crippen LogP contribution in [0.4, 0.5) is 0 Å². The molecule has 0 heterocycles. The molecule has 0 unspecified atom stereocenters. The molecule has 0 nitrogen and oxygen atoms in total. The van der Waals surface area contributed by atoms with E-state index in [9.17, 15) is 0 Å². The maximum atomic E-state index is 3.54. The fourth-order valence-corrected chi connectivity index (χ4v) is 8.29. The minimum absolute atomic E-state index is 1.11. The van der Waals surface area contributed by atoms with Gasteiger partial charge in [0.05, 0.1) is 16.1 Å². The normalized spacial score (nSPS) is 18.9. The van der Waals surface area contributed by atoms with Crippen LogP contribution < -0.4 is 0 Å². The molecule has 0 saturated heterocycles. The van der Waals surface area contributed by atoms with Gasteiger partial charge < -0.3 is 0 Å². The molecule has 1 aliphatic rings. The highest BCUT2D eigenvalue weighted by molar-refractivity contribution is 6.90. The zero-order chi connectivity index (χ0) is 11.1. The van der Waals surface area contributed by atoms with Gasteiger partial charge in [0, 0.05) is 0 Å². The Kier molecular flexibility index (Phi) is 2.99. The average Bonchev–Trinajstić information content (AvgIpc) is 2.27. The second kappa shape index (κ2) is 3.49. The van der Waals surface area contributed by atoms with Crippen LogP contribution in [0.1, 0.15) is 13.3 Å². The van der Waals surface area contributed by atoms with E-state index in [-0.39, 0.29) is 0 Å². The van der Waals surface area contributed by atoms with Crippen molar-refractivity contribution in [3.8, 4) is 0 Å². The molecule has 0 atom stereocenters. The number of allylic oxidation sites excluding steroid dienone is 4. The summed E-state index contributed by atoms with van der Waals surface area (Å²) in [5, 5.41) is 3.51. The van der Waals surface area contributed by atoms with E-state index >= 15 is 0 Å². The summed E-state index contributed by atoms with van der Waals surface area (Å²) >= 11 is 0. The van der Waals surface area contributed by atoms with E-state index < -0.39 is 16.1 Å². The van der Waals surface area contributed by atoms with Gasteiger partial charge in [-0.3, -0.25) is 0 Å². The molecule has 0 bridgehead atoms. The molecule has 0 aliphatic heterocycles. The fraction of sp³-hybridized carbons (Fsp3) is 0.667. The Morgan fingerprint density at radius 2 is 1.43 bits per heavy atom. The van der Waals surface area contributed by atoms with Crippen molar-refractivity contribution in [2.45, 2.75) is 52.6 Å². The predicted molar refractivity (Wildman–Crippen MR) is 70.8 cm³/mol. The highest BCUT2D eigenvalue weighted by atomic mass is 28.3. The Balaban J connectivity index is 3.23. The second-order valence-corrected chi connectivity index (χ2v) is 16.4. The third kappa shape index (κ3) is 2.29. The molecule has 0 saturated carbocycles. The lowest BCUT2D eigenvalue weighted by Crippen LogP contribution is -2.32. The van der Waals surface area contributed by atoms with Crippen LogP contribution in [-0.4, -0.2) is 16.1 Å². The molecule has 1 aliphatic carbocycles. The zero-order valence-corrected chi connectivity index (χ0v) is 12.7. The standard InChI is InChI=1S/C12H23Si2/c1-10-8-9-11(13(2,3)4)12(10)14(5,6)7/h9H2,1-7H3. The minimum atomic E-state index is -1.15. The summed E-state index contributed by atoms with van der Waals surface area (Å²) in [5.74, 6) is 0. The lowest BCUT2D eigenvalue weighted by molar-refractivity contribution is 1.30. The number of hydrogen-bond acceptors (Lipinski definition) is 0. The van der Waals surface area contributed by atoms with Crippen LogP contribution in [-0.2, 0) is 0 Å². The summed E-state index contributed by atoms with van der Waals surface area (Å²) in [6.07, 6.45) is 4.67. The van der Waals surface area contributed by atoms with Crippen molar-refractivity contribution in [3.05, 3.63) is 22.0 Å². The van der Waals surface area contributed by atoms with E-state index in [4.69, 9.17) is 0 Å². The highest BCUT2D eigenvalue weighted by Crippen LogP contribution is 2.37. The van der Waals surface area contributed by atoms with Crippen molar-refractivity contribution in [3.63, 3.8) is 0 Å². The summed E-state index contributed by atoms with van der Waals surface area (Å²) in [7, 11) is -2.25. The molecular weight excluding hydrogens is 200 g/mol. The van der Waals surface area contributed by atoms with Gasteiger partial charge in [-0.05, 0) is 25.0 Å². The zero-order valence-electron chi connectivity index (χ0n) is 10.7. The molecule has 1 rings (SSSR count). The largest absolute Gasteiger partial charge is 0.0774 e. The molecule has 0 N–H and O–H groups in total. The van der Waals surface area contributed by atoms with Gasteiger partial charge in [0.15, 0.2) is 0 Å². The molecule has 1 radical (unpaired) electrons. The molecule has 0 spiro atoms. The maximum absolute atomic E-state index is 3.54. The average molecular weight is 223 g/mol. The van der Waals surface area contributed by atoms with Crippen molar-refractivity contribution in [2.24, 2.45) is 0 Å². The van der Waals surface area contributed by atoms with Crippen LogP contribution in [0.15, 0.2) is 16.0 Å². The predicted octanol–water partition coefficient (Wildman–Crippen LogP) is 4.19. The van der Waals surface area contributed by atoms with Crippen LogP contribution in [0.5, 0.6) is 0 Å². The topological polar surface area (TPSA) is 0 Å². The molecule has 0 aromatic carbocycles. The first-order valence-electron chi connectivity index (χ1n) is 5.46. The van der Waals surface area contributed by atoms with Crippen molar-refractivity contribution in [2.75, 3.05) is 0 Å². The minimum Gasteiger partial charge on any atom is -0.0772 e. The summed E-state index contributed by atoms with van der Waals surface area (Å²) < 4.78 is 0. The third-order valence-electron chi connectivity index (χ3n) is 2.86. The maximum Gasteiger partial charge on any atom is 0.0774 e. The highest BCUT2D eigenvalue weighted by Gasteiger charge is 2.33. The Morgan fingerprint density at radius 1 is 0.929 bits per heavy atom. The fourth-order valence-electron chi connectivity index (χ4n) is 2.28. The second-order valence-electron chi connectivity index (χ2n) is 6.33. The van der Waals surface area contributed by atoms with Gasteiger partial charge >= 0.3 is 0 Å². The Morgan fingerprint density at radius 3 is 1.71 bits per heavy atom. The van der Waals surface area contributed by atoms with Crippen LogP contribution >= 0.6 is 0 Å². The summed E-state index contributed by atoms with van der Waals surface area (Å²) in [6.45, 7) is 17.0. The molecule has 0 aromatic rings. The molecule has 2 heteroatoms.